The Morgan fingerprint density at radius 3 is 2.63 bits per heavy atom. The maximum atomic E-state index is 9.79. The van der Waals surface area contributed by atoms with Crippen LogP contribution < -0.4 is 5.46 Å². The van der Waals surface area contributed by atoms with Crippen LogP contribution in [-0.2, 0) is 0 Å². The van der Waals surface area contributed by atoms with Gasteiger partial charge in [-0.1, -0.05) is 41.0 Å². The number of nitrogens with zero attached hydrogens (tertiary/aromatic N) is 2. The Bertz CT molecular complexity index is 710. The zero-order chi connectivity index (χ0) is 13.2. The average Bonchev–Trinajstić information content (AvgIpc) is 2.92. The van der Waals surface area contributed by atoms with E-state index >= 15 is 0 Å². The molecule has 0 aliphatic rings. The molecule has 0 saturated heterocycles. The molecule has 90 valence electrons. The highest BCUT2D eigenvalue weighted by Crippen LogP contribution is 2.27. The van der Waals surface area contributed by atoms with E-state index in [1.165, 1.54) is 6.07 Å². The molecule has 19 heavy (non-hydrogen) atoms. The maximum Gasteiger partial charge on any atom is 0.258 e. The zero-order valence-corrected chi connectivity index (χ0v) is 9.95. The lowest BCUT2D eigenvalue weighted by Crippen LogP contribution is -2.01. The number of aromatic hydroxyl groups is 1. The van der Waals surface area contributed by atoms with Crippen LogP contribution in [0, 0.1) is 0 Å². The first kappa shape index (κ1) is 11.5. The molecule has 1 N–H and O–H groups in total. The van der Waals surface area contributed by atoms with E-state index in [-0.39, 0.29) is 5.75 Å². The van der Waals surface area contributed by atoms with Crippen LogP contribution in [0.4, 0.5) is 0 Å². The van der Waals surface area contributed by atoms with Gasteiger partial charge >= 0.3 is 0 Å². The van der Waals surface area contributed by atoms with Crippen LogP contribution in [0.3, 0.4) is 0 Å². The Morgan fingerprint density at radius 2 is 1.84 bits per heavy atom. The van der Waals surface area contributed by atoms with Crippen molar-refractivity contribution in [3.8, 4) is 28.6 Å². The normalized spacial score (nSPS) is 10.5. The Balaban J connectivity index is 2.04. The monoisotopic (exact) mass is 248 g/mol. The maximum absolute atomic E-state index is 9.79. The van der Waals surface area contributed by atoms with Crippen LogP contribution in [0.15, 0.2) is 53.1 Å². The summed E-state index contributed by atoms with van der Waals surface area (Å²) in [5, 5.41) is 13.7. The largest absolute Gasteiger partial charge is 0.507 e. The molecule has 0 aliphatic carbocycles. The summed E-state index contributed by atoms with van der Waals surface area (Å²) in [6.07, 6.45) is 0. The number of hydrogen-bond donors (Lipinski definition) is 1. The Kier molecular flexibility index (Phi) is 2.80. The second-order valence-electron chi connectivity index (χ2n) is 4.07. The highest BCUT2D eigenvalue weighted by Gasteiger charge is 2.13. The van der Waals surface area contributed by atoms with Crippen LogP contribution in [0.25, 0.3) is 22.8 Å². The fourth-order valence-corrected chi connectivity index (χ4v) is 1.76. The molecule has 0 bridgehead atoms. The van der Waals surface area contributed by atoms with Crippen molar-refractivity contribution < 1.29 is 9.63 Å². The minimum absolute atomic E-state index is 0.0645. The van der Waals surface area contributed by atoms with Gasteiger partial charge in [0, 0.05) is 5.56 Å². The third-order valence-corrected chi connectivity index (χ3v) is 2.71. The SMILES string of the molecule is [B]c1ccc(O)c(-c2noc(-c3ccccc3)n2)c1. The van der Waals surface area contributed by atoms with Gasteiger partial charge in [0.05, 0.1) is 5.56 Å². The van der Waals surface area contributed by atoms with Gasteiger partial charge in [-0.25, -0.2) is 0 Å². The molecule has 0 aliphatic heterocycles. The van der Waals surface area contributed by atoms with Gasteiger partial charge in [0.25, 0.3) is 5.89 Å². The summed E-state index contributed by atoms with van der Waals surface area (Å²) < 4.78 is 5.19. The third-order valence-electron chi connectivity index (χ3n) is 2.71. The number of phenols is 1. The summed E-state index contributed by atoms with van der Waals surface area (Å²) in [5.74, 6) is 0.774. The number of phenolic OH excluding ortho intramolecular Hbond substituents is 1. The molecule has 3 rings (SSSR count). The van der Waals surface area contributed by atoms with Gasteiger partial charge in [-0.3, -0.25) is 0 Å². The van der Waals surface area contributed by atoms with Gasteiger partial charge in [-0.05, 0) is 18.2 Å². The lowest BCUT2D eigenvalue weighted by Gasteiger charge is -2.00. The molecule has 0 saturated carbocycles. The molecule has 1 heterocycles. The van der Waals surface area contributed by atoms with Crippen LogP contribution in [-0.4, -0.2) is 23.1 Å². The van der Waals surface area contributed by atoms with Crippen LogP contribution in [0.2, 0.25) is 0 Å². The second kappa shape index (κ2) is 4.61. The van der Waals surface area contributed by atoms with E-state index in [1.54, 1.807) is 12.1 Å². The Morgan fingerprint density at radius 1 is 1.05 bits per heavy atom. The predicted octanol–water partition coefficient (Wildman–Crippen LogP) is 1.90. The molecule has 0 unspecified atom stereocenters. The molecule has 3 aromatic rings. The zero-order valence-electron chi connectivity index (χ0n) is 9.95. The molecule has 0 atom stereocenters. The molecular weight excluding hydrogens is 239 g/mol. The molecule has 1 aromatic heterocycles. The van der Waals surface area contributed by atoms with Crippen molar-refractivity contribution in [3.05, 3.63) is 48.5 Å². The first-order chi connectivity index (χ1) is 9.24. The molecule has 5 heteroatoms. The van der Waals surface area contributed by atoms with Gasteiger partial charge < -0.3 is 9.63 Å². The number of aromatic nitrogens is 2. The lowest BCUT2D eigenvalue weighted by atomic mass is 9.94. The molecule has 0 amide bonds. The molecule has 0 spiro atoms. The summed E-state index contributed by atoms with van der Waals surface area (Å²) in [6.45, 7) is 0. The third kappa shape index (κ3) is 2.22. The van der Waals surface area contributed by atoms with E-state index in [0.717, 1.165) is 5.56 Å². The Hall–Kier alpha value is -2.56. The van der Waals surface area contributed by atoms with E-state index in [9.17, 15) is 5.11 Å². The van der Waals surface area contributed by atoms with Crippen molar-refractivity contribution in [1.82, 2.24) is 10.1 Å². The van der Waals surface area contributed by atoms with Gasteiger partial charge in [-0.15, -0.1) is 0 Å². The standard InChI is InChI=1S/C14H9BN2O2/c15-10-6-7-12(18)11(8-10)13-16-14(19-17-13)9-4-2-1-3-5-9/h1-8,18H. The highest BCUT2D eigenvalue weighted by atomic mass is 16.5. The van der Waals surface area contributed by atoms with Crippen LogP contribution in [0.5, 0.6) is 5.75 Å². The van der Waals surface area contributed by atoms with Gasteiger partial charge in [-0.2, -0.15) is 4.98 Å². The smallest absolute Gasteiger partial charge is 0.258 e. The van der Waals surface area contributed by atoms with Crippen molar-refractivity contribution in [3.63, 3.8) is 0 Å². The fraction of sp³-hybridized carbons (Fsp3) is 0. The van der Waals surface area contributed by atoms with Gasteiger partial charge in [0.1, 0.15) is 13.6 Å². The predicted molar refractivity (Wildman–Crippen MR) is 72.2 cm³/mol. The first-order valence-corrected chi connectivity index (χ1v) is 5.72. The number of benzene rings is 2. The van der Waals surface area contributed by atoms with Crippen molar-refractivity contribution >= 4 is 13.3 Å². The molecular formula is C14H9BN2O2. The van der Waals surface area contributed by atoms with E-state index in [0.29, 0.717) is 22.7 Å². The highest BCUT2D eigenvalue weighted by molar-refractivity contribution is 6.32. The summed E-state index contributed by atoms with van der Waals surface area (Å²) >= 11 is 0. The van der Waals surface area contributed by atoms with E-state index in [4.69, 9.17) is 12.4 Å². The average molecular weight is 248 g/mol. The van der Waals surface area contributed by atoms with Gasteiger partial charge in [0.2, 0.25) is 5.82 Å². The second-order valence-corrected chi connectivity index (χ2v) is 4.07. The minimum atomic E-state index is 0.0645. The Labute approximate surface area is 111 Å². The number of rotatable bonds is 2. The molecule has 0 fully saturated rings. The van der Waals surface area contributed by atoms with E-state index in [2.05, 4.69) is 10.1 Å². The van der Waals surface area contributed by atoms with Crippen molar-refractivity contribution in [2.24, 2.45) is 0 Å². The van der Waals surface area contributed by atoms with Crippen molar-refractivity contribution in [2.75, 3.05) is 0 Å². The quantitative estimate of drug-likeness (QED) is 0.703. The number of hydrogen-bond acceptors (Lipinski definition) is 4. The van der Waals surface area contributed by atoms with Crippen LogP contribution in [0.1, 0.15) is 0 Å². The van der Waals surface area contributed by atoms with Gasteiger partial charge in [0.15, 0.2) is 0 Å². The summed E-state index contributed by atoms with van der Waals surface area (Å²) in [4.78, 5) is 4.26. The molecule has 4 nitrogen and oxygen atoms in total. The summed E-state index contributed by atoms with van der Waals surface area (Å²) in [7, 11) is 5.69. The molecule has 2 aromatic carbocycles. The van der Waals surface area contributed by atoms with Crippen molar-refractivity contribution in [2.45, 2.75) is 0 Å². The lowest BCUT2D eigenvalue weighted by molar-refractivity contribution is 0.431. The summed E-state index contributed by atoms with van der Waals surface area (Å²) in [6, 6.07) is 14.1. The summed E-state index contributed by atoms with van der Waals surface area (Å²) in [5.41, 5.74) is 1.80. The fourth-order valence-electron chi connectivity index (χ4n) is 1.76. The topological polar surface area (TPSA) is 59.2 Å². The minimum Gasteiger partial charge on any atom is -0.507 e. The van der Waals surface area contributed by atoms with Crippen LogP contribution >= 0.6 is 0 Å². The molecule has 2 radical (unpaired) electrons. The van der Waals surface area contributed by atoms with E-state index in [1.807, 2.05) is 30.3 Å². The van der Waals surface area contributed by atoms with Crippen molar-refractivity contribution in [1.29, 1.82) is 0 Å². The van der Waals surface area contributed by atoms with E-state index < -0.39 is 0 Å². The first-order valence-electron chi connectivity index (χ1n) is 5.72.